The quantitative estimate of drug-likeness (QED) is 0.278. The summed E-state index contributed by atoms with van der Waals surface area (Å²) in [7, 11) is 1.91. The van der Waals surface area contributed by atoms with Crippen molar-refractivity contribution in [2.75, 3.05) is 19.6 Å². The van der Waals surface area contributed by atoms with E-state index >= 15 is 0 Å². The minimum absolute atomic E-state index is 0. The predicted molar refractivity (Wildman–Crippen MR) is 85.8 cm³/mol. The van der Waals surface area contributed by atoms with Crippen molar-refractivity contribution < 1.29 is 53.6 Å². The third-order valence-electron chi connectivity index (χ3n) is 2.82. The molecule has 0 unspecified atom stereocenters. The van der Waals surface area contributed by atoms with Crippen LogP contribution in [-0.2, 0) is 62.0 Å². The molecule has 0 fully saturated rings. The number of aromatic nitrogens is 2. The number of carboxylic acids is 1. The van der Waals surface area contributed by atoms with Crippen LogP contribution in [0.3, 0.4) is 0 Å². The average molecular weight is 480 g/mol. The first kappa shape index (κ1) is 36.7. The fourth-order valence-corrected chi connectivity index (χ4v) is 1.81. The van der Waals surface area contributed by atoms with E-state index in [2.05, 4.69) is 24.9 Å². The van der Waals surface area contributed by atoms with E-state index in [4.69, 9.17) is 34.4 Å². The molecule has 1 heterocycles. The number of aliphatic carboxylic acids is 1. The van der Waals surface area contributed by atoms with Crippen molar-refractivity contribution >= 4 is 12.1 Å². The molecule has 3 N–H and O–H groups in total. The van der Waals surface area contributed by atoms with Gasteiger partial charge in [-0.25, -0.2) is 4.98 Å². The number of hydrogen-bond donors (Lipinski definition) is 2. The van der Waals surface area contributed by atoms with E-state index in [9.17, 15) is 4.79 Å². The molecular formula is C16H22N4O7Tc. The summed E-state index contributed by atoms with van der Waals surface area (Å²) in [5.74, 6) is 0.0816. The van der Waals surface area contributed by atoms with E-state index in [0.29, 0.717) is 13.1 Å². The van der Waals surface area contributed by atoms with E-state index in [-0.39, 0.29) is 32.8 Å². The van der Waals surface area contributed by atoms with Gasteiger partial charge in [-0.1, -0.05) is 6.42 Å². The molecule has 0 aromatic carbocycles. The monoisotopic (exact) mass is 479 g/mol. The van der Waals surface area contributed by atoms with Crippen molar-refractivity contribution in [2.45, 2.75) is 25.8 Å². The molecule has 1 rings (SSSR count). The average Bonchev–Trinajstić information content (AvgIpc) is 3.08. The third-order valence-corrected chi connectivity index (χ3v) is 2.82. The van der Waals surface area contributed by atoms with Gasteiger partial charge in [0.1, 0.15) is 5.82 Å². The second-order valence-corrected chi connectivity index (χ2v) is 4.49. The molecule has 0 amide bonds. The molecular weight excluding hydrogens is 458 g/mol. The predicted octanol–water partition coefficient (Wildman–Crippen LogP) is -0.263. The first-order valence-corrected chi connectivity index (χ1v) is 7.26. The van der Waals surface area contributed by atoms with E-state index in [1.54, 1.807) is 6.20 Å². The van der Waals surface area contributed by atoms with Crippen LogP contribution in [0.15, 0.2) is 12.4 Å². The molecule has 1 aromatic heterocycles. The Morgan fingerprint density at radius 3 is 2.07 bits per heavy atom. The molecule has 155 valence electrons. The topological polar surface area (TPSA) is 178 Å². The first-order valence-electron chi connectivity index (χ1n) is 7.26. The number of unbranched alkanes of at least 4 members (excludes halogenated alkanes) is 2. The van der Waals surface area contributed by atoms with Crippen LogP contribution in [0.5, 0.6) is 0 Å². The summed E-state index contributed by atoms with van der Waals surface area (Å²) in [6, 6.07) is 0. The fourth-order valence-electron chi connectivity index (χ4n) is 1.81. The number of nitrogens with zero attached hydrogens (tertiary/aromatic N) is 3. The van der Waals surface area contributed by atoms with Crippen molar-refractivity contribution in [3.05, 3.63) is 38.2 Å². The van der Waals surface area contributed by atoms with Crippen molar-refractivity contribution in [1.82, 2.24) is 14.5 Å². The molecule has 0 aliphatic heterocycles. The maximum Gasteiger partial charge on any atom is 0 e. The van der Waals surface area contributed by atoms with Gasteiger partial charge in [-0.3, -0.25) is 9.69 Å². The van der Waals surface area contributed by atoms with Gasteiger partial charge in [-0.15, -0.1) is 0 Å². The van der Waals surface area contributed by atoms with Crippen LogP contribution in [0.2, 0.25) is 0 Å². The zero-order chi connectivity index (χ0) is 22.1. The Hall–Kier alpha value is -2.15. The van der Waals surface area contributed by atoms with Gasteiger partial charge in [-0.05, 0) is 25.9 Å². The van der Waals surface area contributed by atoms with Gasteiger partial charge < -0.3 is 15.4 Å². The molecule has 1 aromatic rings. The van der Waals surface area contributed by atoms with E-state index < -0.39 is 5.97 Å². The molecule has 1 radical (unpaired) electrons. The number of aryl methyl sites for hydroxylation is 1. The second kappa shape index (κ2) is 32.5. The summed E-state index contributed by atoms with van der Waals surface area (Å²) in [6.45, 7) is 15.6. The van der Waals surface area contributed by atoms with Crippen LogP contribution < -0.4 is 5.73 Å². The van der Waals surface area contributed by atoms with Gasteiger partial charge in [0.2, 0.25) is 0 Å². The Balaban J connectivity index is -0.000000153. The SMILES string of the molecule is Cn1ccnc1CN(CCCCCN)CC(=O)O.O=C=O.[C-]#[O+].[C-]#[O+].[C-]#[O+].[Tc]. The number of nitrogens with two attached hydrogens (primary N) is 1. The summed E-state index contributed by atoms with van der Waals surface area (Å²) in [5.41, 5.74) is 5.43. The van der Waals surface area contributed by atoms with Crippen LogP contribution in [0.1, 0.15) is 25.1 Å². The maximum atomic E-state index is 10.8. The van der Waals surface area contributed by atoms with Gasteiger partial charge >= 0.3 is 46.0 Å². The number of hydrogen-bond acceptors (Lipinski definition) is 6. The number of rotatable bonds is 9. The maximum absolute atomic E-state index is 10.8. The second-order valence-electron chi connectivity index (χ2n) is 4.49. The van der Waals surface area contributed by atoms with Gasteiger partial charge in [-0.2, -0.15) is 9.59 Å². The Kier molecular flexibility index (Phi) is 42.6. The summed E-state index contributed by atoms with van der Waals surface area (Å²) in [5, 5.41) is 8.90. The molecule has 0 aliphatic rings. The number of imidazole rings is 1. The molecule has 0 aliphatic carbocycles. The van der Waals surface area contributed by atoms with E-state index in [0.717, 1.165) is 31.6 Å². The number of carbonyl (C=O) groups is 1. The van der Waals surface area contributed by atoms with Gasteiger partial charge in [0, 0.05) is 39.5 Å². The Morgan fingerprint density at radius 1 is 1.21 bits per heavy atom. The summed E-state index contributed by atoms with van der Waals surface area (Å²) < 4.78 is 24.4. The Bertz CT molecular complexity index is 553. The van der Waals surface area contributed by atoms with Gasteiger partial charge in [0.15, 0.2) is 0 Å². The van der Waals surface area contributed by atoms with Crippen LogP contribution in [-0.4, -0.2) is 51.3 Å². The number of carboxylic acid groups (broad SMARTS) is 1. The zero-order valence-corrected chi connectivity index (χ0v) is 17.2. The summed E-state index contributed by atoms with van der Waals surface area (Å²) in [6.07, 6.45) is 6.83. The first-order chi connectivity index (χ1) is 13.0. The van der Waals surface area contributed by atoms with Gasteiger partial charge in [0.05, 0.1) is 13.1 Å². The van der Waals surface area contributed by atoms with Gasteiger partial charge in [0.25, 0.3) is 0 Å². The van der Waals surface area contributed by atoms with E-state index in [1.807, 2.05) is 22.7 Å². The molecule has 0 saturated heterocycles. The van der Waals surface area contributed by atoms with Crippen molar-refractivity contribution in [2.24, 2.45) is 12.8 Å². The Morgan fingerprint density at radius 2 is 1.71 bits per heavy atom. The number of carbonyl (C=O) groups excluding carboxylic acids is 2. The normalized spacial score (nSPS) is 7.61. The molecule has 0 atom stereocenters. The van der Waals surface area contributed by atoms with Crippen LogP contribution in [0, 0.1) is 20.0 Å². The molecule has 0 spiro atoms. The largest absolute Gasteiger partial charge is 0 e. The minimum atomic E-state index is -0.803. The Labute approximate surface area is 176 Å². The van der Waals surface area contributed by atoms with Crippen LogP contribution in [0.25, 0.3) is 0 Å². The van der Waals surface area contributed by atoms with Crippen molar-refractivity contribution in [3.63, 3.8) is 0 Å². The van der Waals surface area contributed by atoms with Crippen molar-refractivity contribution in [1.29, 1.82) is 0 Å². The minimum Gasteiger partial charge on any atom is 0 e. The summed E-state index contributed by atoms with van der Waals surface area (Å²) in [4.78, 5) is 33.2. The summed E-state index contributed by atoms with van der Waals surface area (Å²) >= 11 is 0. The zero-order valence-electron chi connectivity index (χ0n) is 15.3. The van der Waals surface area contributed by atoms with Crippen molar-refractivity contribution in [3.8, 4) is 0 Å². The molecule has 12 heteroatoms. The van der Waals surface area contributed by atoms with Crippen LogP contribution in [0.4, 0.5) is 0 Å². The molecule has 0 bridgehead atoms. The molecule has 0 saturated carbocycles. The van der Waals surface area contributed by atoms with E-state index in [1.165, 1.54) is 0 Å². The standard InChI is InChI=1S/C12H22N4O2.CO2.3CO.Tc/c1-15-8-6-14-11(15)9-16(10-12(17)18)7-4-2-3-5-13;2-1-3;3*1-2;/h6,8H,2-5,7,9-10,13H2,1H3,(H,17,18);;;;;. The molecule has 28 heavy (non-hydrogen) atoms. The fraction of sp³-hybridized carbons (Fsp3) is 0.500. The smallest absolute Gasteiger partial charge is 0 e. The van der Waals surface area contributed by atoms with Crippen LogP contribution >= 0.6 is 0 Å². The molecule has 11 nitrogen and oxygen atoms in total. The third kappa shape index (κ3) is 26.1.